The van der Waals surface area contributed by atoms with Gasteiger partial charge >= 0.3 is 0 Å². The summed E-state index contributed by atoms with van der Waals surface area (Å²) in [7, 11) is 0. The number of aromatic nitrogens is 5. The number of imidazole rings is 1. The fraction of sp³-hybridized carbons (Fsp3) is 0. The number of fused-ring (bicyclic) bond motifs is 5. The van der Waals surface area contributed by atoms with Crippen LogP contribution < -0.4 is 5.73 Å². The van der Waals surface area contributed by atoms with E-state index in [2.05, 4.69) is 20.1 Å². The minimum atomic E-state index is 0.399. The summed E-state index contributed by atoms with van der Waals surface area (Å²) in [6.07, 6.45) is 3.43. The summed E-state index contributed by atoms with van der Waals surface area (Å²) in [5, 5.41) is 4.29. The van der Waals surface area contributed by atoms with Crippen molar-refractivity contribution in [3.8, 4) is 0 Å². The summed E-state index contributed by atoms with van der Waals surface area (Å²) < 4.78 is 1.74. The standard InChI is InChI=1S/C12H8N6/c13-12-10-11(9-7(16-12)3-1-5-14-9)18-8(17-10)4-2-6-15-18/h1-6H,(H2,13,16). The topological polar surface area (TPSA) is 82.0 Å². The number of rotatable bonds is 0. The first-order valence-electron chi connectivity index (χ1n) is 5.48. The molecule has 0 unspecified atom stereocenters. The van der Waals surface area contributed by atoms with E-state index in [0.717, 1.165) is 22.2 Å². The Labute approximate surface area is 101 Å². The van der Waals surface area contributed by atoms with Crippen molar-refractivity contribution in [1.82, 2.24) is 24.6 Å². The Balaban J connectivity index is 2.41. The molecule has 0 radical (unpaired) electrons. The Kier molecular flexibility index (Phi) is 1.62. The van der Waals surface area contributed by atoms with Crippen molar-refractivity contribution in [2.75, 3.05) is 5.73 Å². The maximum atomic E-state index is 5.94. The molecule has 0 saturated carbocycles. The van der Waals surface area contributed by atoms with Gasteiger partial charge in [-0.15, -0.1) is 0 Å². The zero-order chi connectivity index (χ0) is 12.1. The van der Waals surface area contributed by atoms with Crippen molar-refractivity contribution in [3.05, 3.63) is 36.7 Å². The second kappa shape index (κ2) is 3.13. The van der Waals surface area contributed by atoms with Crippen LogP contribution in [0.25, 0.3) is 27.7 Å². The highest BCUT2D eigenvalue weighted by Crippen LogP contribution is 2.26. The van der Waals surface area contributed by atoms with E-state index < -0.39 is 0 Å². The number of pyridine rings is 2. The summed E-state index contributed by atoms with van der Waals surface area (Å²) >= 11 is 0. The quantitative estimate of drug-likeness (QED) is 0.499. The van der Waals surface area contributed by atoms with Gasteiger partial charge in [0.05, 0.1) is 5.52 Å². The summed E-state index contributed by atoms with van der Waals surface area (Å²) in [6, 6.07) is 7.42. The molecule has 0 atom stereocenters. The molecule has 4 aromatic heterocycles. The molecule has 6 heteroatoms. The summed E-state index contributed by atoms with van der Waals surface area (Å²) in [6.45, 7) is 0. The van der Waals surface area contributed by atoms with E-state index in [1.54, 1.807) is 16.9 Å². The van der Waals surface area contributed by atoms with Crippen LogP contribution in [0.4, 0.5) is 5.82 Å². The molecule has 0 aliphatic rings. The lowest BCUT2D eigenvalue weighted by Crippen LogP contribution is -1.96. The normalized spacial score (nSPS) is 11.6. The molecule has 2 N–H and O–H groups in total. The smallest absolute Gasteiger partial charge is 0.155 e. The number of nitrogen functional groups attached to an aromatic ring is 1. The molecule has 0 spiro atoms. The molecule has 0 aliphatic heterocycles. The highest BCUT2D eigenvalue weighted by Gasteiger charge is 2.13. The van der Waals surface area contributed by atoms with Gasteiger partial charge < -0.3 is 5.73 Å². The molecule has 0 aromatic carbocycles. The number of hydrogen-bond donors (Lipinski definition) is 1. The monoisotopic (exact) mass is 236 g/mol. The summed E-state index contributed by atoms with van der Waals surface area (Å²) in [5.41, 5.74) is 9.62. The van der Waals surface area contributed by atoms with E-state index in [0.29, 0.717) is 11.3 Å². The van der Waals surface area contributed by atoms with Crippen molar-refractivity contribution < 1.29 is 0 Å². The lowest BCUT2D eigenvalue weighted by Gasteiger charge is -2.00. The van der Waals surface area contributed by atoms with Crippen LogP contribution in [0.1, 0.15) is 0 Å². The fourth-order valence-electron chi connectivity index (χ4n) is 2.13. The molecule has 86 valence electrons. The van der Waals surface area contributed by atoms with Crippen LogP contribution in [0.5, 0.6) is 0 Å². The molecule has 4 heterocycles. The molecule has 6 nitrogen and oxygen atoms in total. The van der Waals surface area contributed by atoms with E-state index in [-0.39, 0.29) is 0 Å². The number of anilines is 1. The van der Waals surface area contributed by atoms with E-state index in [4.69, 9.17) is 5.73 Å². The first kappa shape index (κ1) is 9.29. The van der Waals surface area contributed by atoms with Gasteiger partial charge in [-0.3, -0.25) is 4.98 Å². The van der Waals surface area contributed by atoms with E-state index in [9.17, 15) is 0 Å². The van der Waals surface area contributed by atoms with E-state index >= 15 is 0 Å². The van der Waals surface area contributed by atoms with Crippen LogP contribution in [0.3, 0.4) is 0 Å². The van der Waals surface area contributed by atoms with Crippen molar-refractivity contribution in [2.45, 2.75) is 0 Å². The van der Waals surface area contributed by atoms with Crippen LogP contribution in [-0.4, -0.2) is 24.6 Å². The second-order valence-electron chi connectivity index (χ2n) is 3.97. The van der Waals surface area contributed by atoms with Gasteiger partial charge in [0.15, 0.2) is 11.5 Å². The molecular weight excluding hydrogens is 228 g/mol. The third-order valence-electron chi connectivity index (χ3n) is 2.89. The van der Waals surface area contributed by atoms with Crippen LogP contribution in [0.2, 0.25) is 0 Å². The van der Waals surface area contributed by atoms with Gasteiger partial charge in [0.2, 0.25) is 0 Å². The van der Waals surface area contributed by atoms with Crippen molar-refractivity contribution in [3.63, 3.8) is 0 Å². The van der Waals surface area contributed by atoms with Gasteiger partial charge in [-0.05, 0) is 24.3 Å². The van der Waals surface area contributed by atoms with Gasteiger partial charge in [0.1, 0.15) is 16.6 Å². The molecule has 0 amide bonds. The number of nitrogens with two attached hydrogens (primary N) is 1. The first-order valence-corrected chi connectivity index (χ1v) is 5.48. The van der Waals surface area contributed by atoms with E-state index in [1.165, 1.54) is 0 Å². The molecule has 4 aromatic rings. The van der Waals surface area contributed by atoms with Crippen molar-refractivity contribution in [2.24, 2.45) is 0 Å². The zero-order valence-corrected chi connectivity index (χ0v) is 9.28. The Bertz CT molecular complexity index is 895. The van der Waals surface area contributed by atoms with Crippen LogP contribution in [0.15, 0.2) is 36.7 Å². The highest BCUT2D eigenvalue weighted by atomic mass is 15.3. The van der Waals surface area contributed by atoms with Gasteiger partial charge in [0.25, 0.3) is 0 Å². The third kappa shape index (κ3) is 1.06. The largest absolute Gasteiger partial charge is 0.382 e. The Morgan fingerprint density at radius 2 is 1.89 bits per heavy atom. The van der Waals surface area contributed by atoms with Gasteiger partial charge in [-0.1, -0.05) is 0 Å². The minimum absolute atomic E-state index is 0.399. The highest BCUT2D eigenvalue weighted by molar-refractivity contribution is 6.05. The Morgan fingerprint density at radius 1 is 1.00 bits per heavy atom. The average Bonchev–Trinajstić information content (AvgIpc) is 2.79. The van der Waals surface area contributed by atoms with Crippen LogP contribution >= 0.6 is 0 Å². The van der Waals surface area contributed by atoms with Crippen molar-refractivity contribution >= 4 is 33.5 Å². The predicted octanol–water partition coefficient (Wildman–Crippen LogP) is 1.41. The molecule has 0 aliphatic carbocycles. The second-order valence-corrected chi connectivity index (χ2v) is 3.97. The molecule has 0 fully saturated rings. The summed E-state index contributed by atoms with van der Waals surface area (Å²) in [4.78, 5) is 13.1. The molecular formula is C12H8N6. The fourth-order valence-corrected chi connectivity index (χ4v) is 2.13. The lowest BCUT2D eigenvalue weighted by atomic mass is 10.3. The Hall–Kier alpha value is -2.76. The zero-order valence-electron chi connectivity index (χ0n) is 9.28. The molecule has 4 rings (SSSR count). The molecule has 0 bridgehead atoms. The first-order chi connectivity index (χ1) is 8.84. The third-order valence-corrected chi connectivity index (χ3v) is 2.89. The van der Waals surface area contributed by atoms with Gasteiger partial charge in [-0.2, -0.15) is 5.10 Å². The maximum absolute atomic E-state index is 5.94. The van der Waals surface area contributed by atoms with Crippen LogP contribution in [0, 0.1) is 0 Å². The molecule has 0 saturated heterocycles. The maximum Gasteiger partial charge on any atom is 0.155 e. The van der Waals surface area contributed by atoms with Crippen molar-refractivity contribution in [1.29, 1.82) is 0 Å². The number of nitrogens with zero attached hydrogens (tertiary/aromatic N) is 5. The predicted molar refractivity (Wildman–Crippen MR) is 68.0 cm³/mol. The van der Waals surface area contributed by atoms with Gasteiger partial charge in [0, 0.05) is 12.4 Å². The lowest BCUT2D eigenvalue weighted by molar-refractivity contribution is 0.967. The number of hydrogen-bond acceptors (Lipinski definition) is 5. The van der Waals surface area contributed by atoms with Gasteiger partial charge in [-0.25, -0.2) is 14.5 Å². The SMILES string of the molecule is Nc1nc2cccnc2c2c1nc1cccnn12. The average molecular weight is 236 g/mol. The van der Waals surface area contributed by atoms with Crippen LogP contribution in [-0.2, 0) is 0 Å². The summed E-state index contributed by atoms with van der Waals surface area (Å²) in [5.74, 6) is 0.399. The Morgan fingerprint density at radius 3 is 2.83 bits per heavy atom. The minimum Gasteiger partial charge on any atom is -0.382 e. The van der Waals surface area contributed by atoms with E-state index in [1.807, 2.05) is 24.3 Å². The molecule has 18 heavy (non-hydrogen) atoms.